The first-order valence-corrected chi connectivity index (χ1v) is 6.77. The molecule has 1 aliphatic heterocycles. The Labute approximate surface area is 119 Å². The van der Waals surface area contributed by atoms with Gasteiger partial charge >= 0.3 is 5.97 Å². The summed E-state index contributed by atoms with van der Waals surface area (Å²) in [6.45, 7) is 0.862. The number of likely N-dealkylation sites (N-methyl/N-ethyl adjacent to an activating group) is 1. The molecule has 108 valence electrons. The van der Waals surface area contributed by atoms with Crippen LogP contribution in [-0.4, -0.2) is 50.1 Å². The van der Waals surface area contributed by atoms with Crippen molar-refractivity contribution in [3.05, 3.63) is 30.3 Å². The van der Waals surface area contributed by atoms with Crippen LogP contribution in [0.1, 0.15) is 12.8 Å². The number of piperidine rings is 1. The third kappa shape index (κ3) is 3.17. The van der Waals surface area contributed by atoms with Crippen LogP contribution in [0, 0.1) is 0 Å². The van der Waals surface area contributed by atoms with E-state index in [4.69, 9.17) is 0 Å². The van der Waals surface area contributed by atoms with Crippen LogP contribution < -0.4 is 4.90 Å². The molecule has 0 aliphatic carbocycles. The first-order valence-electron chi connectivity index (χ1n) is 6.77. The number of amides is 1. The standard InChI is InChI=1S/C15H20N2O3/c1-16(11-14(18)20-2)13-9-6-10-17(15(13)19)12-7-4-3-5-8-12/h3-5,7-8,13H,6,9-11H2,1-2H3/t13-/m1/s1. The number of methoxy groups -OCH3 is 1. The summed E-state index contributed by atoms with van der Waals surface area (Å²) in [5, 5.41) is 0. The molecule has 1 aromatic rings. The van der Waals surface area contributed by atoms with Gasteiger partial charge in [0.05, 0.1) is 19.7 Å². The monoisotopic (exact) mass is 276 g/mol. The van der Waals surface area contributed by atoms with E-state index < -0.39 is 0 Å². The topological polar surface area (TPSA) is 49.9 Å². The van der Waals surface area contributed by atoms with Crippen molar-refractivity contribution in [2.24, 2.45) is 0 Å². The number of carbonyl (C=O) groups excluding carboxylic acids is 2. The molecule has 1 fully saturated rings. The van der Waals surface area contributed by atoms with E-state index in [1.807, 2.05) is 30.3 Å². The van der Waals surface area contributed by atoms with Crippen molar-refractivity contribution in [3.8, 4) is 0 Å². The Hall–Kier alpha value is -1.88. The molecule has 0 saturated carbocycles. The van der Waals surface area contributed by atoms with Gasteiger partial charge in [0.1, 0.15) is 0 Å². The lowest BCUT2D eigenvalue weighted by Crippen LogP contribution is -2.52. The molecule has 1 saturated heterocycles. The normalized spacial score (nSPS) is 19.2. The molecular formula is C15H20N2O3. The Morgan fingerprint density at radius 3 is 2.75 bits per heavy atom. The molecule has 0 bridgehead atoms. The van der Waals surface area contributed by atoms with Crippen LogP contribution in [0.4, 0.5) is 5.69 Å². The van der Waals surface area contributed by atoms with Gasteiger partial charge in [-0.15, -0.1) is 0 Å². The molecule has 1 heterocycles. The number of para-hydroxylation sites is 1. The van der Waals surface area contributed by atoms with Crippen LogP contribution in [0.15, 0.2) is 30.3 Å². The molecule has 1 aliphatic rings. The van der Waals surface area contributed by atoms with Gasteiger partial charge in [-0.05, 0) is 32.0 Å². The lowest BCUT2D eigenvalue weighted by molar-refractivity contribution is -0.142. The predicted octanol–water partition coefficient (Wildman–Crippen LogP) is 1.29. The van der Waals surface area contributed by atoms with E-state index in [1.165, 1.54) is 7.11 Å². The van der Waals surface area contributed by atoms with Crippen molar-refractivity contribution in [3.63, 3.8) is 0 Å². The Balaban J connectivity index is 2.09. The Bertz CT molecular complexity index is 475. The lowest BCUT2D eigenvalue weighted by Gasteiger charge is -2.36. The predicted molar refractivity (Wildman–Crippen MR) is 76.5 cm³/mol. The fraction of sp³-hybridized carbons (Fsp3) is 0.467. The summed E-state index contributed by atoms with van der Waals surface area (Å²) in [7, 11) is 3.14. The number of carbonyl (C=O) groups is 2. The Kier molecular flexibility index (Phi) is 4.74. The molecule has 0 aromatic heterocycles. The van der Waals surface area contributed by atoms with E-state index in [9.17, 15) is 9.59 Å². The zero-order chi connectivity index (χ0) is 14.5. The summed E-state index contributed by atoms with van der Waals surface area (Å²) in [6.07, 6.45) is 1.70. The zero-order valence-corrected chi connectivity index (χ0v) is 11.9. The summed E-state index contributed by atoms with van der Waals surface area (Å²) in [5.41, 5.74) is 0.911. The van der Waals surface area contributed by atoms with Crippen molar-refractivity contribution in [2.45, 2.75) is 18.9 Å². The Morgan fingerprint density at radius 1 is 1.40 bits per heavy atom. The smallest absolute Gasteiger partial charge is 0.319 e. The first kappa shape index (κ1) is 14.5. The van der Waals surface area contributed by atoms with Crippen LogP contribution >= 0.6 is 0 Å². The average molecular weight is 276 g/mol. The van der Waals surface area contributed by atoms with E-state index in [-0.39, 0.29) is 24.5 Å². The number of esters is 1. The number of benzene rings is 1. The third-order valence-electron chi connectivity index (χ3n) is 3.62. The second kappa shape index (κ2) is 6.52. The molecule has 0 N–H and O–H groups in total. The van der Waals surface area contributed by atoms with Gasteiger partial charge in [-0.25, -0.2) is 0 Å². The van der Waals surface area contributed by atoms with E-state index in [1.54, 1.807) is 16.8 Å². The highest BCUT2D eigenvalue weighted by Gasteiger charge is 2.33. The quantitative estimate of drug-likeness (QED) is 0.778. The minimum atomic E-state index is -0.322. The number of hydrogen-bond acceptors (Lipinski definition) is 4. The van der Waals surface area contributed by atoms with E-state index >= 15 is 0 Å². The molecule has 20 heavy (non-hydrogen) atoms. The van der Waals surface area contributed by atoms with E-state index in [2.05, 4.69) is 4.74 Å². The van der Waals surface area contributed by atoms with Crippen LogP contribution in [-0.2, 0) is 14.3 Å². The van der Waals surface area contributed by atoms with Gasteiger partial charge in [0, 0.05) is 12.2 Å². The molecule has 5 nitrogen and oxygen atoms in total. The molecule has 0 unspecified atom stereocenters. The number of anilines is 1. The fourth-order valence-electron chi connectivity index (χ4n) is 2.51. The van der Waals surface area contributed by atoms with Crippen LogP contribution in [0.25, 0.3) is 0 Å². The fourth-order valence-corrected chi connectivity index (χ4v) is 2.51. The molecule has 1 aromatic carbocycles. The van der Waals surface area contributed by atoms with Gasteiger partial charge in [0.15, 0.2) is 0 Å². The molecule has 0 radical (unpaired) electrons. The van der Waals surface area contributed by atoms with Gasteiger partial charge in [0.2, 0.25) is 5.91 Å². The SMILES string of the molecule is COC(=O)CN(C)[C@@H]1CCCN(c2ccccc2)C1=O. The third-order valence-corrected chi connectivity index (χ3v) is 3.62. The molecule has 0 spiro atoms. The number of nitrogens with zero attached hydrogens (tertiary/aromatic N) is 2. The van der Waals surface area contributed by atoms with Gasteiger partial charge in [-0.1, -0.05) is 18.2 Å². The summed E-state index contributed by atoms with van der Waals surface area (Å²) in [6, 6.07) is 9.37. The van der Waals surface area contributed by atoms with Gasteiger partial charge in [-0.2, -0.15) is 0 Å². The maximum absolute atomic E-state index is 12.6. The zero-order valence-electron chi connectivity index (χ0n) is 11.9. The number of hydrogen-bond donors (Lipinski definition) is 0. The second-order valence-electron chi connectivity index (χ2n) is 4.97. The second-order valence-corrected chi connectivity index (χ2v) is 4.97. The highest BCUT2D eigenvalue weighted by molar-refractivity contribution is 5.98. The Morgan fingerprint density at radius 2 is 2.10 bits per heavy atom. The van der Waals surface area contributed by atoms with E-state index in [0.29, 0.717) is 0 Å². The summed E-state index contributed by atoms with van der Waals surface area (Å²) in [4.78, 5) is 27.5. The molecule has 5 heteroatoms. The van der Waals surface area contributed by atoms with Gasteiger partial charge in [0.25, 0.3) is 0 Å². The highest BCUT2D eigenvalue weighted by atomic mass is 16.5. The number of rotatable bonds is 4. The maximum Gasteiger partial charge on any atom is 0.319 e. The first-order chi connectivity index (χ1) is 9.63. The summed E-state index contributed by atoms with van der Waals surface area (Å²) < 4.78 is 4.65. The van der Waals surface area contributed by atoms with E-state index in [0.717, 1.165) is 25.1 Å². The van der Waals surface area contributed by atoms with Crippen molar-refractivity contribution in [2.75, 3.05) is 32.1 Å². The maximum atomic E-state index is 12.6. The van der Waals surface area contributed by atoms with Crippen molar-refractivity contribution >= 4 is 17.6 Å². The van der Waals surface area contributed by atoms with Crippen molar-refractivity contribution in [1.82, 2.24) is 4.90 Å². The van der Waals surface area contributed by atoms with Gasteiger partial charge in [-0.3, -0.25) is 14.5 Å². The highest BCUT2D eigenvalue weighted by Crippen LogP contribution is 2.22. The summed E-state index contributed by atoms with van der Waals surface area (Å²) in [5.74, 6) is -0.272. The van der Waals surface area contributed by atoms with Crippen LogP contribution in [0.5, 0.6) is 0 Å². The van der Waals surface area contributed by atoms with Crippen LogP contribution in [0.2, 0.25) is 0 Å². The van der Waals surface area contributed by atoms with Crippen LogP contribution in [0.3, 0.4) is 0 Å². The van der Waals surface area contributed by atoms with Crippen molar-refractivity contribution < 1.29 is 14.3 Å². The molecule has 1 amide bonds. The molecule has 2 rings (SSSR count). The van der Waals surface area contributed by atoms with Gasteiger partial charge < -0.3 is 9.64 Å². The van der Waals surface area contributed by atoms with Crippen molar-refractivity contribution in [1.29, 1.82) is 0 Å². The lowest BCUT2D eigenvalue weighted by atomic mass is 10.0. The minimum absolute atomic E-state index is 0.0499. The largest absolute Gasteiger partial charge is 0.468 e. The molecular weight excluding hydrogens is 256 g/mol. The minimum Gasteiger partial charge on any atom is -0.468 e. The molecule has 1 atom stereocenters. The summed E-state index contributed by atoms with van der Waals surface area (Å²) >= 11 is 0. The average Bonchev–Trinajstić information content (AvgIpc) is 2.48. The number of ether oxygens (including phenoxy) is 1.